The van der Waals surface area contributed by atoms with Gasteiger partial charge in [-0.2, -0.15) is 0 Å². The summed E-state index contributed by atoms with van der Waals surface area (Å²) in [6, 6.07) is 0. The molecule has 1 aromatic rings. The molecule has 0 spiro atoms. The largest absolute Gasteiger partial charge is 0.480 e. The van der Waals surface area contributed by atoms with Crippen LogP contribution < -0.4 is 10.5 Å². The molecule has 0 radical (unpaired) electrons. The van der Waals surface area contributed by atoms with Crippen LogP contribution in [0, 0.1) is 0 Å². The maximum absolute atomic E-state index is 11.7. The van der Waals surface area contributed by atoms with E-state index in [9.17, 15) is 9.59 Å². The van der Waals surface area contributed by atoms with E-state index in [-0.39, 0.29) is 17.9 Å². The van der Waals surface area contributed by atoms with Crippen molar-refractivity contribution < 1.29 is 9.90 Å². The third kappa shape index (κ3) is 2.82. The minimum absolute atomic E-state index is 0.189. The van der Waals surface area contributed by atoms with E-state index >= 15 is 0 Å². The molecule has 0 fully saturated rings. The third-order valence-corrected chi connectivity index (χ3v) is 2.12. The van der Waals surface area contributed by atoms with Gasteiger partial charge in [0.25, 0.3) is 5.56 Å². The van der Waals surface area contributed by atoms with Crippen molar-refractivity contribution in [1.82, 2.24) is 9.55 Å². The van der Waals surface area contributed by atoms with Gasteiger partial charge in [-0.3, -0.25) is 9.59 Å². The normalized spacial score (nSPS) is 10.1. The molecule has 1 aromatic heterocycles. The Labute approximate surface area is 93.1 Å². The highest BCUT2D eigenvalue weighted by molar-refractivity contribution is 5.72. The van der Waals surface area contributed by atoms with Crippen LogP contribution in [0.2, 0.25) is 0 Å². The molecule has 0 aliphatic carbocycles. The maximum atomic E-state index is 11.7. The molecule has 6 nitrogen and oxygen atoms in total. The van der Waals surface area contributed by atoms with E-state index in [1.807, 2.05) is 6.92 Å². The fourth-order valence-corrected chi connectivity index (χ4v) is 1.39. The first-order valence-corrected chi connectivity index (χ1v) is 5.04. The summed E-state index contributed by atoms with van der Waals surface area (Å²) in [5.41, 5.74) is -0.280. The van der Waals surface area contributed by atoms with E-state index < -0.39 is 5.97 Å². The molecule has 0 aliphatic heterocycles. The van der Waals surface area contributed by atoms with E-state index in [2.05, 4.69) is 4.98 Å². The van der Waals surface area contributed by atoms with Crippen molar-refractivity contribution in [3.05, 3.63) is 22.7 Å². The van der Waals surface area contributed by atoms with E-state index in [0.717, 1.165) is 6.42 Å². The zero-order valence-electron chi connectivity index (χ0n) is 9.38. The number of rotatable bonds is 5. The standard InChI is InChI=1S/C10H15N3O3/c1-3-5-13(7-8(14)15)9-10(16)12(2)6-4-11-9/h4,6H,3,5,7H2,1-2H3,(H,14,15). The molecule has 0 aliphatic rings. The number of anilines is 1. The summed E-state index contributed by atoms with van der Waals surface area (Å²) in [5, 5.41) is 8.75. The lowest BCUT2D eigenvalue weighted by Crippen LogP contribution is -2.36. The Bertz CT molecular complexity index is 428. The Hall–Kier alpha value is -1.85. The number of hydrogen-bond donors (Lipinski definition) is 1. The molecule has 0 atom stereocenters. The van der Waals surface area contributed by atoms with Gasteiger partial charge in [0.15, 0.2) is 5.82 Å². The summed E-state index contributed by atoms with van der Waals surface area (Å²) in [6.07, 6.45) is 3.78. The molecule has 1 rings (SSSR count). The number of carboxylic acids is 1. The van der Waals surface area contributed by atoms with Gasteiger partial charge in [0, 0.05) is 26.0 Å². The summed E-state index contributed by atoms with van der Waals surface area (Å²) in [5.74, 6) is -0.782. The lowest BCUT2D eigenvalue weighted by molar-refractivity contribution is -0.135. The van der Waals surface area contributed by atoms with Gasteiger partial charge in [-0.25, -0.2) is 4.98 Å². The first kappa shape index (κ1) is 12.2. The molecule has 88 valence electrons. The number of carboxylic acid groups (broad SMARTS) is 1. The van der Waals surface area contributed by atoms with Crippen LogP contribution in [0.5, 0.6) is 0 Å². The molecule has 1 heterocycles. The average molecular weight is 225 g/mol. The number of aryl methyl sites for hydroxylation is 1. The van der Waals surface area contributed by atoms with Crippen LogP contribution in [0.3, 0.4) is 0 Å². The Morgan fingerprint density at radius 3 is 2.88 bits per heavy atom. The Morgan fingerprint density at radius 1 is 1.62 bits per heavy atom. The highest BCUT2D eigenvalue weighted by atomic mass is 16.4. The van der Waals surface area contributed by atoms with Crippen LogP contribution in [0.4, 0.5) is 5.82 Å². The number of carbonyl (C=O) groups is 1. The quantitative estimate of drug-likeness (QED) is 0.768. The predicted octanol–water partition coefficient (Wildman–Crippen LogP) is 0.0813. The third-order valence-electron chi connectivity index (χ3n) is 2.12. The van der Waals surface area contributed by atoms with E-state index in [1.54, 1.807) is 7.05 Å². The van der Waals surface area contributed by atoms with E-state index in [4.69, 9.17) is 5.11 Å². The van der Waals surface area contributed by atoms with Crippen LogP contribution >= 0.6 is 0 Å². The molecule has 0 saturated carbocycles. The summed E-state index contributed by atoms with van der Waals surface area (Å²) < 4.78 is 1.38. The van der Waals surface area contributed by atoms with Crippen LogP contribution in [-0.4, -0.2) is 33.7 Å². The lowest BCUT2D eigenvalue weighted by Gasteiger charge is -2.20. The van der Waals surface area contributed by atoms with Crippen molar-refractivity contribution in [3.63, 3.8) is 0 Å². The van der Waals surface area contributed by atoms with Gasteiger partial charge in [-0.05, 0) is 6.42 Å². The number of aromatic nitrogens is 2. The first-order chi connectivity index (χ1) is 7.56. The van der Waals surface area contributed by atoms with Gasteiger partial charge >= 0.3 is 5.97 Å². The fourth-order valence-electron chi connectivity index (χ4n) is 1.39. The second kappa shape index (κ2) is 5.29. The molecule has 16 heavy (non-hydrogen) atoms. The van der Waals surface area contributed by atoms with E-state index in [0.29, 0.717) is 6.54 Å². The average Bonchev–Trinajstić information content (AvgIpc) is 2.21. The van der Waals surface area contributed by atoms with Gasteiger partial charge in [0.1, 0.15) is 6.54 Å². The summed E-state index contributed by atoms with van der Waals surface area (Å²) >= 11 is 0. The predicted molar refractivity (Wildman–Crippen MR) is 59.6 cm³/mol. The zero-order chi connectivity index (χ0) is 12.1. The molecular formula is C10H15N3O3. The van der Waals surface area contributed by atoms with Crippen molar-refractivity contribution in [1.29, 1.82) is 0 Å². The van der Waals surface area contributed by atoms with Crippen molar-refractivity contribution >= 4 is 11.8 Å². The highest BCUT2D eigenvalue weighted by Gasteiger charge is 2.14. The Balaban J connectivity index is 3.05. The molecule has 1 N–H and O–H groups in total. The minimum Gasteiger partial charge on any atom is -0.480 e. The monoisotopic (exact) mass is 225 g/mol. The van der Waals surface area contributed by atoms with Crippen LogP contribution in [0.1, 0.15) is 13.3 Å². The molecule has 0 aromatic carbocycles. The second-order valence-electron chi connectivity index (χ2n) is 3.48. The smallest absolute Gasteiger partial charge is 0.323 e. The molecule has 6 heteroatoms. The number of aliphatic carboxylic acids is 1. The molecule has 0 amide bonds. The number of nitrogens with zero attached hydrogens (tertiary/aromatic N) is 3. The zero-order valence-corrected chi connectivity index (χ0v) is 9.38. The molecule has 0 unspecified atom stereocenters. The maximum Gasteiger partial charge on any atom is 0.323 e. The minimum atomic E-state index is -0.971. The van der Waals surface area contributed by atoms with E-state index in [1.165, 1.54) is 21.9 Å². The lowest BCUT2D eigenvalue weighted by atomic mass is 10.4. The van der Waals surface area contributed by atoms with Crippen molar-refractivity contribution in [2.24, 2.45) is 7.05 Å². The summed E-state index contributed by atoms with van der Waals surface area (Å²) in [7, 11) is 1.61. The van der Waals surface area contributed by atoms with Gasteiger partial charge in [-0.15, -0.1) is 0 Å². The van der Waals surface area contributed by atoms with Crippen molar-refractivity contribution in [2.45, 2.75) is 13.3 Å². The fraction of sp³-hybridized carbons (Fsp3) is 0.500. The molecule has 0 bridgehead atoms. The first-order valence-electron chi connectivity index (χ1n) is 5.04. The van der Waals surface area contributed by atoms with Gasteiger partial charge in [0.2, 0.25) is 0 Å². The van der Waals surface area contributed by atoms with Crippen molar-refractivity contribution in [3.8, 4) is 0 Å². The van der Waals surface area contributed by atoms with Crippen LogP contribution in [0.25, 0.3) is 0 Å². The SMILES string of the molecule is CCCN(CC(=O)O)c1nccn(C)c1=O. The topological polar surface area (TPSA) is 75.4 Å². The van der Waals surface area contributed by atoms with Gasteiger partial charge in [-0.1, -0.05) is 6.92 Å². The van der Waals surface area contributed by atoms with Crippen molar-refractivity contribution in [2.75, 3.05) is 18.0 Å². The molecular weight excluding hydrogens is 210 g/mol. The highest BCUT2D eigenvalue weighted by Crippen LogP contribution is 2.03. The Kier molecular flexibility index (Phi) is 4.04. The Morgan fingerprint density at radius 2 is 2.31 bits per heavy atom. The van der Waals surface area contributed by atoms with Crippen LogP contribution in [0.15, 0.2) is 17.2 Å². The second-order valence-corrected chi connectivity index (χ2v) is 3.48. The van der Waals surface area contributed by atoms with Crippen LogP contribution in [-0.2, 0) is 11.8 Å². The number of hydrogen-bond acceptors (Lipinski definition) is 4. The van der Waals surface area contributed by atoms with Gasteiger partial charge < -0.3 is 14.6 Å². The molecule has 0 saturated heterocycles. The van der Waals surface area contributed by atoms with Gasteiger partial charge in [0.05, 0.1) is 0 Å². The summed E-state index contributed by atoms with van der Waals surface area (Å²) in [4.78, 5) is 27.8. The summed E-state index contributed by atoms with van der Waals surface area (Å²) in [6.45, 7) is 2.21.